The van der Waals surface area contributed by atoms with Gasteiger partial charge in [-0.05, 0) is 52.9 Å². The minimum atomic E-state index is -0.658. The van der Waals surface area contributed by atoms with Crippen molar-refractivity contribution in [1.82, 2.24) is 15.2 Å². The highest BCUT2D eigenvalue weighted by atomic mass is 127. The van der Waals surface area contributed by atoms with Crippen LogP contribution < -0.4 is 10.6 Å². The molecule has 1 atom stereocenters. The lowest BCUT2D eigenvalue weighted by Crippen LogP contribution is -2.32. The van der Waals surface area contributed by atoms with Crippen LogP contribution in [0.4, 0.5) is 15.1 Å². The molecular weight excluding hydrogens is 522 g/mol. The number of carbonyl (C=O) groups is 3. The Morgan fingerprint density at radius 2 is 2.17 bits per heavy atom. The molecule has 2 aliphatic rings. The van der Waals surface area contributed by atoms with Gasteiger partial charge in [0.25, 0.3) is 11.8 Å². The number of thiophene rings is 1. The number of halogens is 2. The van der Waals surface area contributed by atoms with Crippen molar-refractivity contribution >= 4 is 72.6 Å². The zero-order chi connectivity index (χ0) is 21.0. The van der Waals surface area contributed by atoms with Gasteiger partial charge in [-0.2, -0.15) is 0 Å². The van der Waals surface area contributed by atoms with Crippen molar-refractivity contribution in [1.29, 1.82) is 0 Å². The number of fused-ring (bicyclic) bond motifs is 2. The van der Waals surface area contributed by atoms with Crippen molar-refractivity contribution in [3.05, 3.63) is 63.3 Å². The Labute approximate surface area is 187 Å². The molecule has 30 heavy (non-hydrogen) atoms. The fraction of sp³-hybridized carbons (Fsp3) is 0.100. The molecule has 0 spiro atoms. The normalized spacial score (nSPS) is 17.9. The van der Waals surface area contributed by atoms with Gasteiger partial charge in [-0.15, -0.1) is 0 Å². The van der Waals surface area contributed by atoms with Gasteiger partial charge >= 0.3 is 0 Å². The lowest BCUT2D eigenvalue weighted by Gasteiger charge is -2.16. The molecule has 2 aliphatic heterocycles. The number of nitrogens with zero attached hydrogens (tertiary/aromatic N) is 2. The predicted octanol–water partition coefficient (Wildman–Crippen LogP) is 3.40. The summed E-state index contributed by atoms with van der Waals surface area (Å²) in [5.41, 5.74) is 0.845. The number of hydrogen-bond donors (Lipinski definition) is 2. The number of hydrogen-bond acceptors (Lipinski definition) is 6. The predicted molar refractivity (Wildman–Crippen MR) is 118 cm³/mol. The number of rotatable bonds is 3. The average molecular weight is 534 g/mol. The van der Waals surface area contributed by atoms with Gasteiger partial charge in [0.1, 0.15) is 15.6 Å². The van der Waals surface area contributed by atoms with Gasteiger partial charge < -0.3 is 10.2 Å². The Hall–Kier alpha value is -2.86. The van der Waals surface area contributed by atoms with Crippen molar-refractivity contribution in [3.63, 3.8) is 0 Å². The molecule has 5 rings (SSSR count). The van der Waals surface area contributed by atoms with Crippen LogP contribution in [0.2, 0.25) is 0 Å². The number of imide groups is 1. The Morgan fingerprint density at radius 1 is 1.33 bits per heavy atom. The van der Waals surface area contributed by atoms with E-state index in [1.54, 1.807) is 30.5 Å². The highest BCUT2D eigenvalue weighted by Gasteiger charge is 2.43. The summed E-state index contributed by atoms with van der Waals surface area (Å²) in [5.74, 6) is -2.36. The molecule has 3 amide bonds. The van der Waals surface area contributed by atoms with Crippen molar-refractivity contribution < 1.29 is 18.8 Å². The van der Waals surface area contributed by atoms with Crippen molar-refractivity contribution in [2.45, 2.75) is 0 Å². The number of carbonyl (C=O) groups excluding carboxylic acids is 3. The smallest absolute Gasteiger partial charge is 0.261 e. The van der Waals surface area contributed by atoms with Crippen LogP contribution in [0.1, 0.15) is 10.4 Å². The minimum Gasteiger partial charge on any atom is -0.344 e. The molecule has 10 heteroatoms. The minimum absolute atomic E-state index is 0.0840. The summed E-state index contributed by atoms with van der Waals surface area (Å²) in [6, 6.07) is 8.24. The van der Waals surface area contributed by atoms with Crippen molar-refractivity contribution in [2.24, 2.45) is 5.92 Å². The van der Waals surface area contributed by atoms with Crippen LogP contribution >= 0.6 is 33.9 Å². The molecule has 1 aromatic carbocycles. The summed E-state index contributed by atoms with van der Waals surface area (Å²) in [7, 11) is 0. The third-order valence-corrected chi connectivity index (χ3v) is 6.69. The van der Waals surface area contributed by atoms with Crippen LogP contribution in [-0.2, 0) is 9.59 Å². The maximum Gasteiger partial charge on any atom is 0.261 e. The molecule has 1 unspecified atom stereocenters. The second-order valence-corrected chi connectivity index (χ2v) is 9.07. The SMILES string of the molecule is O=C1NC(=O)C2CN(C(=O)c3c(Nc4ccc(I)cc4F)sc4ncccc34)C=C12. The van der Waals surface area contributed by atoms with Gasteiger partial charge in [0.2, 0.25) is 5.91 Å². The Morgan fingerprint density at radius 3 is 2.93 bits per heavy atom. The van der Waals surface area contributed by atoms with Gasteiger partial charge in [-0.1, -0.05) is 11.3 Å². The molecule has 2 aromatic heterocycles. The van der Waals surface area contributed by atoms with Crippen LogP contribution in [0.3, 0.4) is 0 Å². The van der Waals surface area contributed by atoms with Gasteiger partial charge in [0.15, 0.2) is 0 Å². The second-order valence-electron chi connectivity index (χ2n) is 6.82. The first-order valence-electron chi connectivity index (χ1n) is 8.90. The van der Waals surface area contributed by atoms with Crippen LogP contribution in [0.5, 0.6) is 0 Å². The molecule has 1 fully saturated rings. The monoisotopic (exact) mass is 534 g/mol. The number of pyridine rings is 1. The number of aromatic nitrogens is 1. The summed E-state index contributed by atoms with van der Waals surface area (Å²) in [5, 5.41) is 6.33. The van der Waals surface area contributed by atoms with E-state index in [1.807, 2.05) is 22.6 Å². The van der Waals surface area contributed by atoms with Gasteiger partial charge in [-0.3, -0.25) is 19.7 Å². The molecular formula is C20H12FIN4O3S. The number of nitrogens with one attached hydrogen (secondary N) is 2. The fourth-order valence-electron chi connectivity index (χ4n) is 3.55. The molecule has 1 saturated heterocycles. The van der Waals surface area contributed by atoms with E-state index in [4.69, 9.17) is 0 Å². The van der Waals surface area contributed by atoms with E-state index in [9.17, 15) is 18.8 Å². The van der Waals surface area contributed by atoms with E-state index in [0.29, 0.717) is 20.8 Å². The molecule has 7 nitrogen and oxygen atoms in total. The topological polar surface area (TPSA) is 91.4 Å². The Balaban J connectivity index is 1.57. The van der Waals surface area contributed by atoms with Crippen molar-refractivity contribution in [3.8, 4) is 0 Å². The Kier molecular flexibility index (Phi) is 4.54. The number of anilines is 2. The maximum absolute atomic E-state index is 14.4. The van der Waals surface area contributed by atoms with Gasteiger partial charge in [0, 0.05) is 33.5 Å². The van der Waals surface area contributed by atoms with E-state index in [0.717, 1.165) is 3.57 Å². The molecule has 0 radical (unpaired) electrons. The van der Waals surface area contributed by atoms with Crippen LogP contribution in [0.15, 0.2) is 48.3 Å². The first-order valence-corrected chi connectivity index (χ1v) is 10.8. The summed E-state index contributed by atoms with van der Waals surface area (Å²) in [4.78, 5) is 43.5. The third kappa shape index (κ3) is 3.06. The summed E-state index contributed by atoms with van der Waals surface area (Å²) < 4.78 is 15.2. The third-order valence-electron chi connectivity index (χ3n) is 4.99. The molecule has 0 saturated carbocycles. The van der Waals surface area contributed by atoms with E-state index >= 15 is 0 Å². The summed E-state index contributed by atoms with van der Waals surface area (Å²) in [6.07, 6.45) is 3.04. The van der Waals surface area contributed by atoms with E-state index in [2.05, 4.69) is 15.6 Å². The lowest BCUT2D eigenvalue weighted by molar-refractivity contribution is -0.125. The van der Waals surface area contributed by atoms with Crippen molar-refractivity contribution in [2.75, 3.05) is 11.9 Å². The van der Waals surface area contributed by atoms with Gasteiger partial charge in [0.05, 0.1) is 17.2 Å². The molecule has 0 aliphatic carbocycles. The lowest BCUT2D eigenvalue weighted by atomic mass is 10.1. The van der Waals surface area contributed by atoms with Crippen LogP contribution in [0, 0.1) is 15.3 Å². The quantitative estimate of drug-likeness (QED) is 0.397. The largest absolute Gasteiger partial charge is 0.344 e. The van der Waals surface area contributed by atoms with Crippen LogP contribution in [-0.4, -0.2) is 34.2 Å². The van der Waals surface area contributed by atoms with E-state index in [-0.39, 0.29) is 23.7 Å². The number of amides is 3. The molecule has 3 aromatic rings. The second kappa shape index (κ2) is 7.13. The highest BCUT2D eigenvalue weighted by Crippen LogP contribution is 2.39. The molecule has 2 N–H and O–H groups in total. The zero-order valence-corrected chi connectivity index (χ0v) is 18.1. The first-order chi connectivity index (χ1) is 14.4. The first kappa shape index (κ1) is 19.1. The highest BCUT2D eigenvalue weighted by molar-refractivity contribution is 14.1. The molecule has 150 valence electrons. The average Bonchev–Trinajstić information content (AvgIpc) is 3.37. The standard InChI is InChI=1S/C20H12FIN4O3S/c21-13-6-9(22)3-4-14(13)24-19-15(10-2-1-5-23-18(10)30-19)20(29)26-7-11-12(8-26)17(28)25-16(11)27/h1-7,12,24H,8H2,(H,25,27,28). The molecule has 0 bridgehead atoms. The maximum atomic E-state index is 14.4. The number of benzene rings is 1. The van der Waals surface area contributed by atoms with Gasteiger partial charge in [-0.25, -0.2) is 9.37 Å². The summed E-state index contributed by atoms with van der Waals surface area (Å²) in [6.45, 7) is 0.0840. The van der Waals surface area contributed by atoms with E-state index in [1.165, 1.54) is 28.5 Å². The van der Waals surface area contributed by atoms with Crippen LogP contribution in [0.25, 0.3) is 10.2 Å². The fourth-order valence-corrected chi connectivity index (χ4v) is 5.05. The summed E-state index contributed by atoms with van der Waals surface area (Å²) >= 11 is 3.26. The van der Waals surface area contributed by atoms with E-state index < -0.39 is 23.5 Å². The Bertz CT molecular complexity index is 1290. The zero-order valence-electron chi connectivity index (χ0n) is 15.1. The molecule has 4 heterocycles.